The van der Waals surface area contributed by atoms with Crippen molar-refractivity contribution in [2.45, 2.75) is 13.0 Å². The first-order valence-electron chi connectivity index (χ1n) is 4.65. The molecular weight excluding hydrogens is 272 g/mol. The number of benzene rings is 1. The Bertz CT molecular complexity index is 414. The van der Waals surface area contributed by atoms with Gasteiger partial charge in [-0.3, -0.25) is 4.79 Å². The summed E-state index contributed by atoms with van der Waals surface area (Å²) in [5, 5.41) is 9.65. The van der Waals surface area contributed by atoms with Crippen molar-refractivity contribution in [3.8, 4) is 11.8 Å². The summed E-state index contributed by atoms with van der Waals surface area (Å²) in [5.74, 6) is 4.78. The quantitative estimate of drug-likeness (QED) is 0.667. The Morgan fingerprint density at radius 1 is 1.50 bits per heavy atom. The third-order valence-corrected chi connectivity index (χ3v) is 2.30. The second kappa shape index (κ2) is 6.31. The number of aliphatic hydroxyl groups excluding tert-OH is 1. The van der Waals surface area contributed by atoms with Gasteiger partial charge in [-0.2, -0.15) is 0 Å². The summed E-state index contributed by atoms with van der Waals surface area (Å²) in [6.07, 6.45) is -0.858. The largest absolute Gasteiger partial charge is 0.453 e. The highest BCUT2D eigenvalue weighted by Crippen LogP contribution is 2.15. The molecule has 1 N–H and O–H groups in total. The normalized spacial score (nSPS) is 11.2. The van der Waals surface area contributed by atoms with Crippen LogP contribution in [0.2, 0.25) is 0 Å². The zero-order chi connectivity index (χ0) is 12.0. The average molecular weight is 283 g/mol. The molecule has 1 rings (SSSR count). The number of halogens is 1. The third kappa shape index (κ3) is 4.47. The fraction of sp³-hybridized carbons (Fsp3) is 0.250. The molecule has 16 heavy (non-hydrogen) atoms. The van der Waals surface area contributed by atoms with E-state index in [0.717, 1.165) is 4.47 Å². The van der Waals surface area contributed by atoms with Crippen LogP contribution < -0.4 is 0 Å². The SMILES string of the molecule is CC(=O)OCC#C[C@@H](O)c1ccc(Br)cc1. The van der Waals surface area contributed by atoms with Gasteiger partial charge in [0.25, 0.3) is 0 Å². The van der Waals surface area contributed by atoms with Crippen LogP contribution in [0.4, 0.5) is 0 Å². The first-order valence-corrected chi connectivity index (χ1v) is 5.44. The second-order valence-electron chi connectivity index (χ2n) is 3.06. The standard InChI is InChI=1S/C12H11BrO3/c1-9(14)16-8-2-3-12(15)10-4-6-11(13)7-5-10/h4-7,12,15H,8H2,1H3/t12-/m1/s1. The molecule has 0 heterocycles. The number of esters is 1. The Morgan fingerprint density at radius 3 is 2.69 bits per heavy atom. The number of rotatable bonds is 2. The molecule has 0 aliphatic carbocycles. The van der Waals surface area contributed by atoms with Crippen LogP contribution in [0.3, 0.4) is 0 Å². The van der Waals surface area contributed by atoms with Gasteiger partial charge in [-0.05, 0) is 17.7 Å². The topological polar surface area (TPSA) is 46.5 Å². The summed E-state index contributed by atoms with van der Waals surface area (Å²) in [7, 11) is 0. The molecule has 3 nitrogen and oxygen atoms in total. The van der Waals surface area contributed by atoms with Gasteiger partial charge in [0, 0.05) is 11.4 Å². The Morgan fingerprint density at radius 2 is 2.12 bits per heavy atom. The van der Waals surface area contributed by atoms with Crippen molar-refractivity contribution in [1.82, 2.24) is 0 Å². The first-order chi connectivity index (χ1) is 7.59. The third-order valence-electron chi connectivity index (χ3n) is 1.77. The molecule has 84 valence electrons. The highest BCUT2D eigenvalue weighted by atomic mass is 79.9. The van der Waals surface area contributed by atoms with E-state index in [0.29, 0.717) is 5.56 Å². The van der Waals surface area contributed by atoms with Gasteiger partial charge in [-0.25, -0.2) is 0 Å². The highest BCUT2D eigenvalue weighted by Gasteiger charge is 2.02. The van der Waals surface area contributed by atoms with Gasteiger partial charge in [0.15, 0.2) is 6.61 Å². The fourth-order valence-electron chi connectivity index (χ4n) is 1.00. The van der Waals surface area contributed by atoms with Gasteiger partial charge in [0.1, 0.15) is 6.10 Å². The minimum atomic E-state index is -0.858. The van der Waals surface area contributed by atoms with Crippen molar-refractivity contribution >= 4 is 21.9 Å². The minimum Gasteiger partial charge on any atom is -0.453 e. The van der Waals surface area contributed by atoms with Crippen LogP contribution in [0.15, 0.2) is 28.7 Å². The van der Waals surface area contributed by atoms with Crippen molar-refractivity contribution in [2.75, 3.05) is 6.61 Å². The number of hydrogen-bond donors (Lipinski definition) is 1. The summed E-state index contributed by atoms with van der Waals surface area (Å²) < 4.78 is 5.56. The maximum absolute atomic E-state index is 10.4. The predicted molar refractivity (Wildman–Crippen MR) is 63.5 cm³/mol. The van der Waals surface area contributed by atoms with Crippen LogP contribution in [0.25, 0.3) is 0 Å². The molecule has 0 unspecified atom stereocenters. The van der Waals surface area contributed by atoms with Crippen LogP contribution in [0.1, 0.15) is 18.6 Å². The molecule has 0 saturated carbocycles. The van der Waals surface area contributed by atoms with Crippen LogP contribution in [0, 0.1) is 11.8 Å². The van der Waals surface area contributed by atoms with Crippen molar-refractivity contribution < 1.29 is 14.6 Å². The lowest BCUT2D eigenvalue weighted by molar-refractivity contribution is -0.139. The predicted octanol–water partition coefficient (Wildman–Crippen LogP) is 2.05. The fourth-order valence-corrected chi connectivity index (χ4v) is 1.27. The molecule has 4 heteroatoms. The van der Waals surface area contributed by atoms with E-state index in [1.54, 1.807) is 12.1 Å². The van der Waals surface area contributed by atoms with Gasteiger partial charge < -0.3 is 9.84 Å². The van der Waals surface area contributed by atoms with E-state index < -0.39 is 6.10 Å². The molecule has 0 radical (unpaired) electrons. The lowest BCUT2D eigenvalue weighted by Crippen LogP contribution is -1.99. The van der Waals surface area contributed by atoms with Gasteiger partial charge in [0.2, 0.25) is 0 Å². The summed E-state index contributed by atoms with van der Waals surface area (Å²) in [4.78, 5) is 10.4. The number of ether oxygens (including phenoxy) is 1. The highest BCUT2D eigenvalue weighted by molar-refractivity contribution is 9.10. The van der Waals surface area contributed by atoms with Gasteiger partial charge in [-0.1, -0.05) is 39.9 Å². The zero-order valence-corrected chi connectivity index (χ0v) is 10.3. The van der Waals surface area contributed by atoms with E-state index in [1.165, 1.54) is 6.92 Å². The molecule has 0 aromatic heterocycles. The maximum atomic E-state index is 10.4. The van der Waals surface area contributed by atoms with E-state index in [4.69, 9.17) is 0 Å². The van der Waals surface area contributed by atoms with Gasteiger partial charge in [-0.15, -0.1) is 0 Å². The number of hydrogen-bond acceptors (Lipinski definition) is 3. The average Bonchev–Trinajstić information content (AvgIpc) is 2.25. The molecule has 0 spiro atoms. The van der Waals surface area contributed by atoms with Crippen molar-refractivity contribution in [2.24, 2.45) is 0 Å². The van der Waals surface area contributed by atoms with Crippen LogP contribution in [-0.2, 0) is 9.53 Å². The Hall–Kier alpha value is -1.31. The van der Waals surface area contributed by atoms with E-state index in [-0.39, 0.29) is 12.6 Å². The van der Waals surface area contributed by atoms with Gasteiger partial charge >= 0.3 is 5.97 Å². The molecule has 1 aromatic rings. The minimum absolute atomic E-state index is 0.00290. The lowest BCUT2D eigenvalue weighted by atomic mass is 10.1. The summed E-state index contributed by atoms with van der Waals surface area (Å²) >= 11 is 3.30. The lowest BCUT2D eigenvalue weighted by Gasteiger charge is -2.03. The van der Waals surface area contributed by atoms with E-state index in [9.17, 15) is 9.90 Å². The van der Waals surface area contributed by atoms with Crippen LogP contribution in [0.5, 0.6) is 0 Å². The Labute approximate surface area is 103 Å². The second-order valence-corrected chi connectivity index (χ2v) is 3.97. The molecule has 0 saturated heterocycles. The molecule has 0 aliphatic rings. The van der Waals surface area contributed by atoms with Crippen LogP contribution >= 0.6 is 15.9 Å². The number of carbonyl (C=O) groups excluding carboxylic acids is 1. The smallest absolute Gasteiger partial charge is 0.303 e. The summed E-state index contributed by atoms with van der Waals surface area (Å²) in [5.41, 5.74) is 0.707. The van der Waals surface area contributed by atoms with Gasteiger partial charge in [0.05, 0.1) is 0 Å². The molecule has 0 aliphatic heterocycles. The molecule has 1 aromatic carbocycles. The van der Waals surface area contributed by atoms with E-state index in [2.05, 4.69) is 32.5 Å². The Balaban J connectivity index is 2.54. The molecule has 0 bridgehead atoms. The van der Waals surface area contributed by atoms with Crippen LogP contribution in [-0.4, -0.2) is 17.7 Å². The van der Waals surface area contributed by atoms with E-state index in [1.807, 2.05) is 12.1 Å². The zero-order valence-electron chi connectivity index (χ0n) is 8.74. The number of carbonyl (C=O) groups is 1. The summed E-state index contributed by atoms with van der Waals surface area (Å²) in [6.45, 7) is 1.32. The van der Waals surface area contributed by atoms with Crippen molar-refractivity contribution in [3.05, 3.63) is 34.3 Å². The maximum Gasteiger partial charge on any atom is 0.303 e. The number of aliphatic hydroxyl groups is 1. The Kier molecular flexibility index (Phi) is 5.03. The van der Waals surface area contributed by atoms with E-state index >= 15 is 0 Å². The van der Waals surface area contributed by atoms with Crippen molar-refractivity contribution in [1.29, 1.82) is 0 Å². The summed E-state index contributed by atoms with van der Waals surface area (Å²) in [6, 6.07) is 7.20. The molecular formula is C12H11BrO3. The molecule has 0 fully saturated rings. The first kappa shape index (κ1) is 12.8. The molecule has 1 atom stereocenters. The van der Waals surface area contributed by atoms with Crippen molar-refractivity contribution in [3.63, 3.8) is 0 Å². The monoisotopic (exact) mass is 282 g/mol. The molecule has 0 amide bonds.